The average Bonchev–Trinajstić information content (AvgIpc) is 3.56. The summed E-state index contributed by atoms with van der Waals surface area (Å²) in [5.74, 6) is -1.46. The molecule has 0 unspecified atom stereocenters. The number of rotatable bonds is 7. The maximum Gasteiger partial charge on any atom is 0.295 e. The summed E-state index contributed by atoms with van der Waals surface area (Å²) in [6.07, 6.45) is -0.968. The van der Waals surface area contributed by atoms with Gasteiger partial charge in [0.2, 0.25) is 5.75 Å². The fourth-order valence-electron chi connectivity index (χ4n) is 3.77. The van der Waals surface area contributed by atoms with Crippen LogP contribution in [0.15, 0.2) is 29.2 Å². The van der Waals surface area contributed by atoms with Crippen LogP contribution in [0.4, 0.5) is 23.4 Å². The molecule has 0 bridgehead atoms. The number of halogens is 4. The van der Waals surface area contributed by atoms with E-state index in [9.17, 15) is 22.4 Å². The number of nitrogens with zero attached hydrogens (tertiary/aromatic N) is 3. The number of anilines is 1. The quantitative estimate of drug-likeness (QED) is 0.520. The standard InChI is InChI=1S/C22H22F4N4O2/c1-11(13-5-4-6-14(16(13)24)19(25)26)27-20-15-9-30(22(10-23)7-8-22)21(31)18(32-3)17(15)28-12(2)29-20/h4-6,9,11,19H,7-8,10H2,1-3H3,(H,27,28,29)/t11-/m1/s1/i3D3. The number of hydrogen-bond acceptors (Lipinski definition) is 5. The number of fused-ring (bicyclic) bond motifs is 1. The van der Waals surface area contributed by atoms with Crippen LogP contribution in [-0.4, -0.2) is 28.2 Å². The number of aromatic nitrogens is 3. The highest BCUT2D eigenvalue weighted by Crippen LogP contribution is 2.44. The second-order valence-electron chi connectivity index (χ2n) is 7.89. The molecule has 170 valence electrons. The third-order valence-corrected chi connectivity index (χ3v) is 5.75. The summed E-state index contributed by atoms with van der Waals surface area (Å²) in [4.78, 5) is 21.6. The van der Waals surface area contributed by atoms with E-state index in [1.165, 1.54) is 32.2 Å². The van der Waals surface area contributed by atoms with Gasteiger partial charge in [-0.3, -0.25) is 4.79 Å². The maximum absolute atomic E-state index is 14.7. The molecule has 1 aliphatic carbocycles. The Labute approximate surface area is 185 Å². The van der Waals surface area contributed by atoms with Crippen molar-refractivity contribution < 1.29 is 26.4 Å². The highest BCUT2D eigenvalue weighted by molar-refractivity contribution is 5.92. The van der Waals surface area contributed by atoms with E-state index in [0.29, 0.717) is 12.8 Å². The number of pyridine rings is 1. The molecule has 2 aromatic heterocycles. The van der Waals surface area contributed by atoms with Gasteiger partial charge in [0.05, 0.1) is 33.7 Å². The van der Waals surface area contributed by atoms with Crippen molar-refractivity contribution in [2.24, 2.45) is 0 Å². The predicted octanol–water partition coefficient (Wildman–Crippen LogP) is 4.82. The average molecular weight is 453 g/mol. The van der Waals surface area contributed by atoms with E-state index in [2.05, 4.69) is 15.3 Å². The maximum atomic E-state index is 14.7. The van der Waals surface area contributed by atoms with Crippen molar-refractivity contribution in [3.8, 4) is 5.75 Å². The summed E-state index contributed by atoms with van der Waals surface area (Å²) in [7, 11) is -2.99. The van der Waals surface area contributed by atoms with Crippen molar-refractivity contribution in [1.29, 1.82) is 0 Å². The molecule has 0 amide bonds. The van der Waals surface area contributed by atoms with Gasteiger partial charge in [-0.1, -0.05) is 18.2 Å². The molecule has 3 aromatic rings. The van der Waals surface area contributed by atoms with Crippen molar-refractivity contribution >= 4 is 16.7 Å². The second-order valence-corrected chi connectivity index (χ2v) is 7.89. The Morgan fingerprint density at radius 1 is 1.31 bits per heavy atom. The lowest BCUT2D eigenvalue weighted by atomic mass is 10.0. The van der Waals surface area contributed by atoms with E-state index in [1.807, 2.05) is 0 Å². The first-order valence-electron chi connectivity index (χ1n) is 11.4. The third-order valence-electron chi connectivity index (χ3n) is 5.75. The third kappa shape index (κ3) is 3.57. The van der Waals surface area contributed by atoms with Gasteiger partial charge in [0.15, 0.2) is 0 Å². The molecule has 2 heterocycles. The number of methoxy groups -OCH3 is 1. The minimum atomic E-state index is -3.01. The van der Waals surface area contributed by atoms with Gasteiger partial charge in [-0.2, -0.15) is 0 Å². The Morgan fingerprint density at radius 3 is 2.66 bits per heavy atom. The highest BCUT2D eigenvalue weighted by Gasteiger charge is 2.46. The molecule has 32 heavy (non-hydrogen) atoms. The summed E-state index contributed by atoms with van der Waals surface area (Å²) < 4.78 is 83.4. The molecule has 1 fully saturated rings. The van der Waals surface area contributed by atoms with Crippen LogP contribution in [-0.2, 0) is 5.54 Å². The van der Waals surface area contributed by atoms with Crippen molar-refractivity contribution in [3.05, 3.63) is 57.5 Å². The van der Waals surface area contributed by atoms with Crippen molar-refractivity contribution in [3.63, 3.8) is 0 Å². The zero-order chi connectivity index (χ0) is 25.7. The minimum absolute atomic E-state index is 0.0538. The lowest BCUT2D eigenvalue weighted by Crippen LogP contribution is -2.32. The number of hydrogen-bond donors (Lipinski definition) is 1. The fraction of sp³-hybridized carbons (Fsp3) is 0.409. The van der Waals surface area contributed by atoms with Crippen molar-refractivity contribution in [2.75, 3.05) is 19.0 Å². The number of alkyl halides is 3. The van der Waals surface area contributed by atoms with Gasteiger partial charge in [-0.15, -0.1) is 0 Å². The monoisotopic (exact) mass is 453 g/mol. The zero-order valence-corrected chi connectivity index (χ0v) is 17.3. The summed E-state index contributed by atoms with van der Waals surface area (Å²) in [6.45, 7) is 2.15. The van der Waals surface area contributed by atoms with Gasteiger partial charge in [0.25, 0.3) is 12.0 Å². The lowest BCUT2D eigenvalue weighted by molar-refractivity contribution is 0.146. The molecule has 1 aliphatic rings. The Hall–Kier alpha value is -3.17. The molecule has 0 aliphatic heterocycles. The molecule has 1 N–H and O–H groups in total. The number of aryl methyl sites for hydroxylation is 1. The van der Waals surface area contributed by atoms with E-state index >= 15 is 0 Å². The molecule has 1 saturated carbocycles. The molecule has 0 spiro atoms. The first-order valence-corrected chi connectivity index (χ1v) is 9.89. The molecule has 0 radical (unpaired) electrons. The van der Waals surface area contributed by atoms with Crippen LogP contribution < -0.4 is 15.6 Å². The van der Waals surface area contributed by atoms with Crippen LogP contribution in [0.5, 0.6) is 5.75 Å². The molecule has 0 saturated heterocycles. The van der Waals surface area contributed by atoms with Gasteiger partial charge in [0, 0.05) is 11.8 Å². The normalized spacial score (nSPS) is 17.5. The Balaban J connectivity index is 1.89. The SMILES string of the molecule is [2H]C([2H])([2H])Oc1c(=O)n(C2(CF)CC2)cc2c(N[C@H](C)c3cccc(C(F)F)c3F)nc(C)nc12. The number of benzene rings is 1. The van der Waals surface area contributed by atoms with Gasteiger partial charge in [0.1, 0.15) is 29.7 Å². The van der Waals surface area contributed by atoms with E-state index < -0.39 is 54.4 Å². The Kier molecular flexibility index (Phi) is 4.64. The summed E-state index contributed by atoms with van der Waals surface area (Å²) in [5.41, 5.74) is -2.91. The first kappa shape index (κ1) is 18.4. The highest BCUT2D eigenvalue weighted by atomic mass is 19.3. The number of ether oxygens (including phenoxy) is 1. The van der Waals surface area contributed by atoms with E-state index in [1.54, 1.807) is 0 Å². The van der Waals surface area contributed by atoms with Gasteiger partial charge in [-0.25, -0.2) is 27.5 Å². The van der Waals surface area contributed by atoms with Crippen molar-refractivity contribution in [2.45, 2.75) is 44.7 Å². The molecule has 10 heteroatoms. The van der Waals surface area contributed by atoms with E-state index in [4.69, 9.17) is 8.85 Å². The van der Waals surface area contributed by atoms with Gasteiger partial charge < -0.3 is 14.6 Å². The molecule has 6 nitrogen and oxygen atoms in total. The molecule has 1 aromatic carbocycles. The van der Waals surface area contributed by atoms with Crippen LogP contribution in [0.2, 0.25) is 0 Å². The van der Waals surface area contributed by atoms with Crippen LogP contribution in [0.3, 0.4) is 0 Å². The first-order chi connectivity index (χ1) is 16.4. The topological polar surface area (TPSA) is 69.0 Å². The van der Waals surface area contributed by atoms with Crippen molar-refractivity contribution in [1.82, 2.24) is 14.5 Å². The van der Waals surface area contributed by atoms with E-state index in [0.717, 1.165) is 10.6 Å². The lowest BCUT2D eigenvalue weighted by Gasteiger charge is -2.21. The van der Waals surface area contributed by atoms with Crippen LogP contribution in [0, 0.1) is 12.7 Å². The summed E-state index contributed by atoms with van der Waals surface area (Å²) in [5, 5.41) is 3.07. The van der Waals surface area contributed by atoms with Gasteiger partial charge in [-0.05, 0) is 26.7 Å². The van der Waals surface area contributed by atoms with Crippen LogP contribution in [0.1, 0.15) is 53.3 Å². The van der Waals surface area contributed by atoms with Gasteiger partial charge >= 0.3 is 0 Å². The molecule has 4 rings (SSSR count). The Bertz CT molecular complexity index is 1340. The molecule has 1 atom stereocenters. The van der Waals surface area contributed by atoms with Crippen LogP contribution >= 0.6 is 0 Å². The molecular weight excluding hydrogens is 428 g/mol. The number of nitrogens with one attached hydrogen (secondary N) is 1. The summed E-state index contributed by atoms with van der Waals surface area (Å²) in [6, 6.07) is 2.77. The smallest absolute Gasteiger partial charge is 0.295 e. The van der Waals surface area contributed by atoms with E-state index in [-0.39, 0.29) is 28.1 Å². The predicted molar refractivity (Wildman–Crippen MR) is 112 cm³/mol. The summed E-state index contributed by atoms with van der Waals surface area (Å²) >= 11 is 0. The second kappa shape index (κ2) is 8.07. The Morgan fingerprint density at radius 2 is 2.03 bits per heavy atom. The zero-order valence-electron chi connectivity index (χ0n) is 20.3. The molecular formula is C22H22F4N4O2. The van der Waals surface area contributed by atoms with Crippen LogP contribution in [0.25, 0.3) is 10.9 Å². The largest absolute Gasteiger partial charge is 0.490 e. The minimum Gasteiger partial charge on any atom is -0.490 e. The fourth-order valence-corrected chi connectivity index (χ4v) is 3.77.